The third kappa shape index (κ3) is 3.97. The van der Waals surface area contributed by atoms with Gasteiger partial charge in [-0.2, -0.15) is 0 Å². The van der Waals surface area contributed by atoms with E-state index < -0.39 is 0 Å². The Morgan fingerprint density at radius 3 is 2.47 bits per heavy atom. The Labute approximate surface area is 105 Å². The van der Waals surface area contributed by atoms with Gasteiger partial charge in [-0.15, -0.1) is 0 Å². The zero-order valence-electron chi connectivity index (χ0n) is 11.4. The molecule has 0 fully saturated rings. The normalized spacial score (nSPS) is 11.2. The summed E-state index contributed by atoms with van der Waals surface area (Å²) < 4.78 is 0. The molecule has 0 aliphatic carbocycles. The molecule has 0 N–H and O–H groups in total. The molecule has 0 aliphatic heterocycles. The maximum Gasteiger partial charge on any atom is 0.164 e. The zero-order chi connectivity index (χ0) is 12.8. The molecule has 0 heterocycles. The lowest BCUT2D eigenvalue weighted by Gasteiger charge is -2.24. The van der Waals surface area contributed by atoms with Gasteiger partial charge in [-0.1, -0.05) is 31.2 Å². The Morgan fingerprint density at radius 2 is 1.94 bits per heavy atom. The Kier molecular flexibility index (Phi) is 5.36. The zero-order valence-corrected chi connectivity index (χ0v) is 11.4. The van der Waals surface area contributed by atoms with Gasteiger partial charge < -0.3 is 4.90 Å². The minimum absolute atomic E-state index is 0.252. The van der Waals surface area contributed by atoms with Gasteiger partial charge in [0.2, 0.25) is 0 Å². The quantitative estimate of drug-likeness (QED) is 0.703. The fraction of sp³-hybridized carbons (Fsp3) is 0.533. The Bertz CT molecular complexity index is 371. The first kappa shape index (κ1) is 13.9. The minimum atomic E-state index is 0.252. The first-order chi connectivity index (χ1) is 8.06. The largest absolute Gasteiger partial charge is 0.301 e. The summed E-state index contributed by atoms with van der Waals surface area (Å²) in [7, 11) is 0. The van der Waals surface area contributed by atoms with E-state index in [0.29, 0.717) is 12.5 Å². The highest BCUT2D eigenvalue weighted by Crippen LogP contribution is 2.10. The third-order valence-electron chi connectivity index (χ3n) is 3.21. The van der Waals surface area contributed by atoms with E-state index in [-0.39, 0.29) is 5.78 Å². The van der Waals surface area contributed by atoms with Gasteiger partial charge in [0.25, 0.3) is 0 Å². The maximum absolute atomic E-state index is 12.1. The first-order valence-electron chi connectivity index (χ1n) is 6.39. The van der Waals surface area contributed by atoms with Crippen LogP contribution in [0.1, 0.15) is 43.1 Å². The second-order valence-corrected chi connectivity index (χ2v) is 4.71. The van der Waals surface area contributed by atoms with Crippen molar-refractivity contribution >= 4 is 5.78 Å². The number of carbonyl (C=O) groups excluding carboxylic acids is 1. The fourth-order valence-corrected chi connectivity index (χ4v) is 2.05. The van der Waals surface area contributed by atoms with Crippen molar-refractivity contribution in [2.24, 2.45) is 0 Å². The predicted octanol–water partition coefficient (Wildman–Crippen LogP) is 3.30. The van der Waals surface area contributed by atoms with Crippen molar-refractivity contribution in [3.05, 3.63) is 35.4 Å². The van der Waals surface area contributed by atoms with Crippen molar-refractivity contribution in [2.75, 3.05) is 13.1 Å². The van der Waals surface area contributed by atoms with Crippen LogP contribution in [0.25, 0.3) is 0 Å². The van der Waals surface area contributed by atoms with Crippen molar-refractivity contribution in [3.8, 4) is 0 Å². The SMILES string of the molecule is CCN(CCC(=O)c1ccccc1C)C(C)C. The van der Waals surface area contributed by atoms with Crippen LogP contribution in [0.2, 0.25) is 0 Å². The van der Waals surface area contributed by atoms with E-state index in [9.17, 15) is 4.79 Å². The molecule has 0 spiro atoms. The summed E-state index contributed by atoms with van der Waals surface area (Å²) in [6.45, 7) is 10.3. The summed E-state index contributed by atoms with van der Waals surface area (Å²) in [5.41, 5.74) is 1.94. The van der Waals surface area contributed by atoms with Gasteiger partial charge in [0.15, 0.2) is 5.78 Å². The van der Waals surface area contributed by atoms with E-state index in [0.717, 1.165) is 24.2 Å². The van der Waals surface area contributed by atoms with Gasteiger partial charge in [-0.3, -0.25) is 4.79 Å². The summed E-state index contributed by atoms with van der Waals surface area (Å²) in [6, 6.07) is 8.32. The highest BCUT2D eigenvalue weighted by atomic mass is 16.1. The third-order valence-corrected chi connectivity index (χ3v) is 3.21. The molecule has 0 aromatic heterocycles. The fourth-order valence-electron chi connectivity index (χ4n) is 2.05. The van der Waals surface area contributed by atoms with Crippen molar-refractivity contribution in [1.29, 1.82) is 0 Å². The molecule has 0 saturated heterocycles. The molecule has 2 nitrogen and oxygen atoms in total. The second kappa shape index (κ2) is 6.55. The van der Waals surface area contributed by atoms with Crippen molar-refractivity contribution in [1.82, 2.24) is 4.90 Å². The number of rotatable bonds is 6. The second-order valence-electron chi connectivity index (χ2n) is 4.71. The van der Waals surface area contributed by atoms with Crippen LogP contribution >= 0.6 is 0 Å². The summed E-state index contributed by atoms with van der Waals surface area (Å²) in [6.07, 6.45) is 0.608. The summed E-state index contributed by atoms with van der Waals surface area (Å²) in [4.78, 5) is 14.4. The predicted molar refractivity (Wildman–Crippen MR) is 72.5 cm³/mol. The van der Waals surface area contributed by atoms with Crippen LogP contribution < -0.4 is 0 Å². The number of hydrogen-bond acceptors (Lipinski definition) is 2. The molecule has 0 unspecified atom stereocenters. The number of nitrogens with zero attached hydrogens (tertiary/aromatic N) is 1. The number of Topliss-reactive ketones (excluding diaryl/α,β-unsaturated/α-hetero) is 1. The van der Waals surface area contributed by atoms with Crippen LogP contribution in [-0.2, 0) is 0 Å². The lowest BCUT2D eigenvalue weighted by atomic mass is 10.0. The molecule has 0 amide bonds. The van der Waals surface area contributed by atoms with Gasteiger partial charge in [-0.25, -0.2) is 0 Å². The van der Waals surface area contributed by atoms with E-state index in [1.165, 1.54) is 0 Å². The summed E-state index contributed by atoms with van der Waals surface area (Å²) >= 11 is 0. The topological polar surface area (TPSA) is 20.3 Å². The van der Waals surface area contributed by atoms with Crippen LogP contribution in [0.15, 0.2) is 24.3 Å². The number of ketones is 1. The van der Waals surface area contributed by atoms with Crippen LogP contribution in [-0.4, -0.2) is 29.8 Å². The van der Waals surface area contributed by atoms with Crippen molar-refractivity contribution in [3.63, 3.8) is 0 Å². The van der Waals surface area contributed by atoms with Crippen molar-refractivity contribution < 1.29 is 4.79 Å². The number of aryl methyl sites for hydroxylation is 1. The molecule has 0 aliphatic rings. The van der Waals surface area contributed by atoms with Gasteiger partial charge in [0.05, 0.1) is 0 Å². The van der Waals surface area contributed by atoms with Gasteiger partial charge in [0, 0.05) is 24.6 Å². The van der Waals surface area contributed by atoms with Crippen LogP contribution in [0.3, 0.4) is 0 Å². The molecule has 1 aromatic rings. The summed E-state index contributed by atoms with van der Waals surface area (Å²) in [5, 5.41) is 0. The van der Waals surface area contributed by atoms with Crippen LogP contribution in [0, 0.1) is 6.92 Å². The molecule has 0 atom stereocenters. The van der Waals surface area contributed by atoms with Crippen LogP contribution in [0.5, 0.6) is 0 Å². The molecule has 94 valence electrons. The number of benzene rings is 1. The smallest absolute Gasteiger partial charge is 0.164 e. The van der Waals surface area contributed by atoms with Gasteiger partial charge in [-0.05, 0) is 32.9 Å². The minimum Gasteiger partial charge on any atom is -0.301 e. The van der Waals surface area contributed by atoms with Crippen LogP contribution in [0.4, 0.5) is 0 Å². The van der Waals surface area contributed by atoms with Crippen molar-refractivity contribution in [2.45, 2.75) is 40.2 Å². The van der Waals surface area contributed by atoms with E-state index >= 15 is 0 Å². The number of carbonyl (C=O) groups is 1. The molecule has 0 saturated carbocycles. The molecule has 2 heteroatoms. The van der Waals surface area contributed by atoms with E-state index in [1.54, 1.807) is 0 Å². The van der Waals surface area contributed by atoms with Gasteiger partial charge >= 0.3 is 0 Å². The highest BCUT2D eigenvalue weighted by Gasteiger charge is 2.12. The molecule has 1 rings (SSSR count). The average Bonchev–Trinajstić information content (AvgIpc) is 2.29. The molecule has 1 aromatic carbocycles. The Hall–Kier alpha value is -1.15. The average molecular weight is 233 g/mol. The first-order valence-corrected chi connectivity index (χ1v) is 6.39. The molecular weight excluding hydrogens is 210 g/mol. The highest BCUT2D eigenvalue weighted by molar-refractivity contribution is 5.97. The Morgan fingerprint density at radius 1 is 1.29 bits per heavy atom. The lowest BCUT2D eigenvalue weighted by Crippen LogP contribution is -2.32. The molecule has 0 radical (unpaired) electrons. The van der Waals surface area contributed by atoms with E-state index in [1.807, 2.05) is 31.2 Å². The molecule has 0 bridgehead atoms. The number of hydrogen-bond donors (Lipinski definition) is 0. The summed E-state index contributed by atoms with van der Waals surface area (Å²) in [5.74, 6) is 0.252. The monoisotopic (exact) mass is 233 g/mol. The standard InChI is InChI=1S/C15H23NO/c1-5-16(12(2)3)11-10-15(17)14-9-7-6-8-13(14)4/h6-9,12H,5,10-11H2,1-4H3. The molecule has 17 heavy (non-hydrogen) atoms. The maximum atomic E-state index is 12.1. The van der Waals surface area contributed by atoms with E-state index in [2.05, 4.69) is 25.7 Å². The molecular formula is C15H23NO. The van der Waals surface area contributed by atoms with Gasteiger partial charge in [0.1, 0.15) is 0 Å². The van der Waals surface area contributed by atoms with E-state index in [4.69, 9.17) is 0 Å². The lowest BCUT2D eigenvalue weighted by molar-refractivity contribution is 0.0957. The Balaban J connectivity index is 2.59.